The number of aliphatic hydroxyl groups is 1. The first-order valence-electron chi connectivity index (χ1n) is 10.8. The molecule has 1 aliphatic heterocycles. The molecule has 0 bridgehead atoms. The van der Waals surface area contributed by atoms with E-state index in [-0.39, 0.29) is 23.6 Å². The number of fused-ring (bicyclic) bond motifs is 3. The molecule has 0 unspecified atom stereocenters. The highest BCUT2D eigenvalue weighted by Crippen LogP contribution is 2.36. The summed E-state index contributed by atoms with van der Waals surface area (Å²) >= 11 is 1.60. The van der Waals surface area contributed by atoms with Crippen LogP contribution in [-0.2, 0) is 19.0 Å². The van der Waals surface area contributed by atoms with Crippen molar-refractivity contribution in [2.75, 3.05) is 13.2 Å². The van der Waals surface area contributed by atoms with E-state index in [1.54, 1.807) is 48.7 Å². The molecule has 3 atom stereocenters. The van der Waals surface area contributed by atoms with Gasteiger partial charge >= 0.3 is 0 Å². The SMILES string of the molecule is Cc1ccc(S(=O)(=O)OC[C@@H]2CC[C@H](n3c([C@@H](C)O)nc4cnc5ccsc5c43)CO2)cc1. The van der Waals surface area contributed by atoms with Gasteiger partial charge in [-0.15, -0.1) is 11.3 Å². The Labute approximate surface area is 195 Å². The van der Waals surface area contributed by atoms with Gasteiger partial charge in [0.25, 0.3) is 10.1 Å². The first-order valence-corrected chi connectivity index (χ1v) is 13.1. The van der Waals surface area contributed by atoms with E-state index in [0.29, 0.717) is 18.9 Å². The fourth-order valence-electron chi connectivity index (χ4n) is 4.23. The highest BCUT2D eigenvalue weighted by atomic mass is 32.2. The third-order valence-corrected chi connectivity index (χ3v) is 8.16. The topological polar surface area (TPSA) is 104 Å². The van der Waals surface area contributed by atoms with Gasteiger partial charge in [0.15, 0.2) is 0 Å². The van der Waals surface area contributed by atoms with Gasteiger partial charge in [-0.1, -0.05) is 17.7 Å². The van der Waals surface area contributed by atoms with Gasteiger partial charge < -0.3 is 14.4 Å². The maximum Gasteiger partial charge on any atom is 0.297 e. The van der Waals surface area contributed by atoms with Gasteiger partial charge in [-0.2, -0.15) is 8.42 Å². The molecule has 3 aromatic heterocycles. The number of ether oxygens (including phenoxy) is 1. The molecule has 8 nitrogen and oxygen atoms in total. The summed E-state index contributed by atoms with van der Waals surface area (Å²) in [6, 6.07) is 8.52. The summed E-state index contributed by atoms with van der Waals surface area (Å²) in [7, 11) is -3.83. The van der Waals surface area contributed by atoms with Crippen LogP contribution in [0.2, 0.25) is 0 Å². The number of aryl methyl sites for hydroxylation is 1. The second kappa shape index (κ2) is 8.77. The first kappa shape index (κ1) is 22.4. The van der Waals surface area contributed by atoms with Gasteiger partial charge in [-0.3, -0.25) is 9.17 Å². The number of nitrogens with zero attached hydrogens (tertiary/aromatic N) is 3. The van der Waals surface area contributed by atoms with Crippen LogP contribution in [-0.4, -0.2) is 47.4 Å². The van der Waals surface area contributed by atoms with Crippen LogP contribution in [0.1, 0.15) is 43.3 Å². The average Bonchev–Trinajstić information content (AvgIpc) is 3.43. The van der Waals surface area contributed by atoms with E-state index in [1.807, 2.05) is 18.4 Å². The van der Waals surface area contributed by atoms with Crippen LogP contribution in [0.5, 0.6) is 0 Å². The molecule has 0 radical (unpaired) electrons. The van der Waals surface area contributed by atoms with Crippen LogP contribution in [0.25, 0.3) is 21.3 Å². The molecular formula is C23H25N3O5S2. The molecule has 1 aromatic carbocycles. The summed E-state index contributed by atoms with van der Waals surface area (Å²) in [5.74, 6) is 0.581. The minimum absolute atomic E-state index is 0.0303. The number of pyridine rings is 1. The molecule has 4 aromatic rings. The van der Waals surface area contributed by atoms with E-state index < -0.39 is 16.2 Å². The summed E-state index contributed by atoms with van der Waals surface area (Å²) in [6.07, 6.45) is 2.05. The number of rotatable bonds is 6. The fourth-order valence-corrected chi connectivity index (χ4v) is 6.05. The normalized spacial score (nSPS) is 20.5. The lowest BCUT2D eigenvalue weighted by molar-refractivity contribution is -0.0332. The molecule has 0 saturated carbocycles. The third-order valence-electron chi connectivity index (χ3n) is 5.95. The summed E-state index contributed by atoms with van der Waals surface area (Å²) in [6.45, 7) is 3.94. The molecule has 4 heterocycles. The monoisotopic (exact) mass is 487 g/mol. The molecule has 10 heteroatoms. The molecule has 0 spiro atoms. The van der Waals surface area contributed by atoms with Crippen molar-refractivity contribution in [2.24, 2.45) is 0 Å². The lowest BCUT2D eigenvalue weighted by atomic mass is 10.0. The molecule has 0 aliphatic carbocycles. The standard InChI is InChI=1S/C23H25N3O5S2/c1-14-3-7-18(8-4-14)33(28,29)31-13-17-6-5-16(12-30-17)26-21-20(25-23(26)15(2)27)11-24-19-9-10-32-22(19)21/h3-4,7-11,15-17,27H,5-6,12-13H2,1-2H3/t15-,16+,17+/m1/s1. The molecule has 5 rings (SSSR count). The summed E-state index contributed by atoms with van der Waals surface area (Å²) < 4.78 is 39.4. The van der Waals surface area contributed by atoms with E-state index in [4.69, 9.17) is 8.92 Å². The zero-order valence-electron chi connectivity index (χ0n) is 18.3. The number of benzene rings is 1. The van der Waals surface area contributed by atoms with Crippen molar-refractivity contribution < 1.29 is 22.4 Å². The van der Waals surface area contributed by atoms with Crippen molar-refractivity contribution in [1.82, 2.24) is 14.5 Å². The number of imidazole rings is 1. The van der Waals surface area contributed by atoms with Crippen LogP contribution < -0.4 is 0 Å². The molecule has 1 N–H and O–H groups in total. The minimum Gasteiger partial charge on any atom is -0.385 e. The average molecular weight is 488 g/mol. The highest BCUT2D eigenvalue weighted by Gasteiger charge is 2.30. The molecular weight excluding hydrogens is 462 g/mol. The fraction of sp³-hybridized carbons (Fsp3) is 0.391. The smallest absolute Gasteiger partial charge is 0.297 e. The lowest BCUT2D eigenvalue weighted by Crippen LogP contribution is -2.32. The molecule has 1 fully saturated rings. The van der Waals surface area contributed by atoms with Crippen molar-refractivity contribution in [2.45, 2.75) is 49.8 Å². The third kappa shape index (κ3) is 4.29. The molecule has 33 heavy (non-hydrogen) atoms. The molecule has 174 valence electrons. The van der Waals surface area contributed by atoms with E-state index in [2.05, 4.69) is 14.5 Å². The van der Waals surface area contributed by atoms with Crippen LogP contribution >= 0.6 is 11.3 Å². The van der Waals surface area contributed by atoms with E-state index in [1.165, 1.54) is 0 Å². The van der Waals surface area contributed by atoms with E-state index in [0.717, 1.165) is 33.2 Å². The number of thiophene rings is 1. The summed E-state index contributed by atoms with van der Waals surface area (Å²) in [5, 5.41) is 12.4. The van der Waals surface area contributed by atoms with Crippen molar-refractivity contribution in [3.05, 3.63) is 53.3 Å². The van der Waals surface area contributed by atoms with Gasteiger partial charge in [-0.25, -0.2) is 4.98 Å². The quantitative estimate of drug-likeness (QED) is 0.408. The number of hydrogen-bond acceptors (Lipinski definition) is 8. The predicted molar refractivity (Wildman–Crippen MR) is 126 cm³/mol. The Morgan fingerprint density at radius 3 is 2.73 bits per heavy atom. The summed E-state index contributed by atoms with van der Waals surface area (Å²) in [5.41, 5.74) is 3.58. The van der Waals surface area contributed by atoms with E-state index >= 15 is 0 Å². The van der Waals surface area contributed by atoms with E-state index in [9.17, 15) is 13.5 Å². The second-order valence-electron chi connectivity index (χ2n) is 8.38. The van der Waals surface area contributed by atoms with Crippen molar-refractivity contribution in [3.8, 4) is 0 Å². The molecule has 1 saturated heterocycles. The maximum atomic E-state index is 12.5. The largest absolute Gasteiger partial charge is 0.385 e. The first-order chi connectivity index (χ1) is 15.8. The van der Waals surface area contributed by atoms with Crippen molar-refractivity contribution in [3.63, 3.8) is 0 Å². The van der Waals surface area contributed by atoms with Crippen LogP contribution in [0.3, 0.4) is 0 Å². The second-order valence-corrected chi connectivity index (χ2v) is 10.9. The zero-order valence-corrected chi connectivity index (χ0v) is 20.0. The van der Waals surface area contributed by atoms with Crippen molar-refractivity contribution in [1.29, 1.82) is 0 Å². The number of hydrogen-bond donors (Lipinski definition) is 1. The Balaban J connectivity index is 1.33. The number of aliphatic hydroxyl groups excluding tert-OH is 1. The van der Waals surface area contributed by atoms with Crippen molar-refractivity contribution >= 4 is 42.7 Å². The Bertz CT molecular complexity index is 1390. The zero-order chi connectivity index (χ0) is 23.2. The molecule has 0 amide bonds. The van der Waals surface area contributed by atoms with Gasteiger partial charge in [0, 0.05) is 0 Å². The maximum absolute atomic E-state index is 12.5. The Morgan fingerprint density at radius 1 is 1.24 bits per heavy atom. The predicted octanol–water partition coefficient (Wildman–Crippen LogP) is 4.13. The van der Waals surface area contributed by atoms with Crippen LogP contribution in [0.15, 0.2) is 46.8 Å². The highest BCUT2D eigenvalue weighted by molar-refractivity contribution is 7.86. The van der Waals surface area contributed by atoms with Gasteiger partial charge in [-0.05, 0) is 50.3 Å². The molecule has 1 aliphatic rings. The lowest BCUT2D eigenvalue weighted by Gasteiger charge is -2.31. The Kier molecular flexibility index (Phi) is 5.96. The van der Waals surface area contributed by atoms with Crippen LogP contribution in [0, 0.1) is 6.92 Å². The van der Waals surface area contributed by atoms with Gasteiger partial charge in [0.2, 0.25) is 0 Å². The minimum atomic E-state index is -3.83. The van der Waals surface area contributed by atoms with Gasteiger partial charge in [0.05, 0.1) is 52.2 Å². The van der Waals surface area contributed by atoms with Crippen LogP contribution in [0.4, 0.5) is 0 Å². The Morgan fingerprint density at radius 2 is 2.03 bits per heavy atom. The summed E-state index contributed by atoms with van der Waals surface area (Å²) in [4.78, 5) is 9.25. The van der Waals surface area contributed by atoms with Gasteiger partial charge in [0.1, 0.15) is 17.4 Å². The number of aromatic nitrogens is 3. The Hall–Kier alpha value is -2.37.